The Morgan fingerprint density at radius 3 is 1.62 bits per heavy atom. The van der Waals surface area contributed by atoms with Crippen molar-refractivity contribution in [2.24, 2.45) is 0 Å². The van der Waals surface area contributed by atoms with Crippen LogP contribution in [0.25, 0.3) is 5.57 Å². The third kappa shape index (κ3) is 4.07. The van der Waals surface area contributed by atoms with E-state index in [0.717, 1.165) is 16.7 Å². The number of nitrogens with zero attached hydrogens (tertiary/aromatic N) is 1. The molecule has 3 heteroatoms. The van der Waals surface area contributed by atoms with Crippen LogP contribution in [0.15, 0.2) is 66.4 Å². The summed E-state index contributed by atoms with van der Waals surface area (Å²) in [5, 5.41) is 9.57. The highest BCUT2D eigenvalue weighted by molar-refractivity contribution is 6.70. The van der Waals surface area contributed by atoms with Gasteiger partial charge in [-0.05, 0) is 30.8 Å². The first-order chi connectivity index (χ1) is 10.0. The molecule has 0 aliphatic heterocycles. The van der Waals surface area contributed by atoms with Crippen molar-refractivity contribution in [3.8, 4) is 6.07 Å². The lowest BCUT2D eigenvalue weighted by atomic mass is 9.97. The largest absolute Gasteiger partial charge is 0.537 e. The van der Waals surface area contributed by atoms with Crippen LogP contribution in [0, 0.1) is 11.3 Å². The second kappa shape index (κ2) is 6.42. The fourth-order valence-corrected chi connectivity index (χ4v) is 2.83. The molecule has 0 radical (unpaired) electrons. The molecule has 0 aliphatic rings. The lowest BCUT2D eigenvalue weighted by Crippen LogP contribution is -2.25. The van der Waals surface area contributed by atoms with Gasteiger partial charge in [0.2, 0.25) is 8.32 Å². The molecule has 106 valence electrons. The van der Waals surface area contributed by atoms with Crippen molar-refractivity contribution in [3.05, 3.63) is 77.5 Å². The second-order valence-electron chi connectivity index (χ2n) is 5.76. The van der Waals surface area contributed by atoms with Crippen LogP contribution in [-0.2, 0) is 4.43 Å². The van der Waals surface area contributed by atoms with Crippen molar-refractivity contribution in [1.82, 2.24) is 0 Å². The van der Waals surface area contributed by atoms with Gasteiger partial charge >= 0.3 is 0 Å². The third-order valence-electron chi connectivity index (χ3n) is 2.86. The summed E-state index contributed by atoms with van der Waals surface area (Å²) >= 11 is 0. The molecule has 2 aromatic carbocycles. The van der Waals surface area contributed by atoms with Gasteiger partial charge in [0.25, 0.3) is 0 Å². The molecule has 2 aromatic rings. The number of allylic oxidation sites excluding steroid dienone is 1. The molecule has 0 spiro atoms. The Morgan fingerprint density at radius 2 is 1.29 bits per heavy atom. The highest BCUT2D eigenvalue weighted by Crippen LogP contribution is 2.28. The Balaban J connectivity index is 2.63. The van der Waals surface area contributed by atoms with Gasteiger partial charge in [0.15, 0.2) is 5.76 Å². The summed E-state index contributed by atoms with van der Waals surface area (Å²) in [4.78, 5) is 0. The maximum absolute atomic E-state index is 9.57. The molecule has 0 saturated carbocycles. The predicted octanol–water partition coefficient (Wildman–Crippen LogP) is 4.82. The Bertz CT molecular complexity index is 622. The molecular weight excluding hydrogens is 274 g/mol. The molecular formula is C18H19NOSi. The maximum atomic E-state index is 9.57. The molecule has 0 saturated heterocycles. The monoisotopic (exact) mass is 293 g/mol. The van der Waals surface area contributed by atoms with Gasteiger partial charge in [0.1, 0.15) is 6.07 Å². The number of nitriles is 1. The zero-order valence-electron chi connectivity index (χ0n) is 12.6. The number of benzene rings is 2. The zero-order valence-corrected chi connectivity index (χ0v) is 13.6. The van der Waals surface area contributed by atoms with E-state index in [9.17, 15) is 5.26 Å². The molecule has 0 aromatic heterocycles. The van der Waals surface area contributed by atoms with Crippen LogP contribution in [0.1, 0.15) is 11.1 Å². The molecule has 0 amide bonds. The topological polar surface area (TPSA) is 33.0 Å². The zero-order chi connectivity index (χ0) is 15.3. The van der Waals surface area contributed by atoms with Crippen LogP contribution in [0.2, 0.25) is 19.6 Å². The van der Waals surface area contributed by atoms with E-state index in [2.05, 4.69) is 25.7 Å². The van der Waals surface area contributed by atoms with E-state index in [1.165, 1.54) is 0 Å². The van der Waals surface area contributed by atoms with E-state index in [0.29, 0.717) is 5.76 Å². The van der Waals surface area contributed by atoms with E-state index in [4.69, 9.17) is 4.43 Å². The van der Waals surface area contributed by atoms with Crippen LogP contribution >= 0.6 is 0 Å². The first kappa shape index (κ1) is 15.1. The van der Waals surface area contributed by atoms with Crippen LogP contribution in [-0.4, -0.2) is 8.32 Å². The smallest absolute Gasteiger partial charge is 0.243 e. The minimum atomic E-state index is -1.85. The molecule has 0 atom stereocenters. The van der Waals surface area contributed by atoms with Crippen LogP contribution in [0.4, 0.5) is 0 Å². The van der Waals surface area contributed by atoms with E-state index in [-0.39, 0.29) is 0 Å². The summed E-state index contributed by atoms with van der Waals surface area (Å²) < 4.78 is 6.02. The number of rotatable bonds is 4. The average molecular weight is 293 g/mol. The summed E-state index contributed by atoms with van der Waals surface area (Å²) in [6, 6.07) is 22.1. The fraction of sp³-hybridized carbons (Fsp3) is 0.167. The Hall–Kier alpha value is -2.31. The molecule has 0 unspecified atom stereocenters. The van der Waals surface area contributed by atoms with Gasteiger partial charge in [-0.25, -0.2) is 0 Å². The molecule has 0 N–H and O–H groups in total. The summed E-state index contributed by atoms with van der Waals surface area (Å²) in [6.07, 6.45) is 0. The van der Waals surface area contributed by atoms with Gasteiger partial charge in [0, 0.05) is 5.57 Å². The van der Waals surface area contributed by atoms with Gasteiger partial charge < -0.3 is 4.43 Å². The minimum Gasteiger partial charge on any atom is -0.537 e. The number of hydrogen-bond donors (Lipinski definition) is 0. The molecule has 0 aliphatic carbocycles. The quantitative estimate of drug-likeness (QED) is 0.460. The summed E-state index contributed by atoms with van der Waals surface area (Å²) in [5.41, 5.74) is 2.86. The second-order valence-corrected chi connectivity index (χ2v) is 10.2. The lowest BCUT2D eigenvalue weighted by Gasteiger charge is -2.21. The predicted molar refractivity (Wildman–Crippen MR) is 89.0 cm³/mol. The van der Waals surface area contributed by atoms with Crippen molar-refractivity contribution < 1.29 is 4.43 Å². The standard InChI is InChI=1S/C18H19NOSi/c1-21(2,3)20-17(14-19)18(15-10-6-4-7-11-15)16-12-8-5-9-13-16/h4-13H,1-3H3. The Kier molecular flexibility index (Phi) is 4.61. The fourth-order valence-electron chi connectivity index (χ4n) is 2.07. The van der Waals surface area contributed by atoms with Gasteiger partial charge in [-0.15, -0.1) is 0 Å². The van der Waals surface area contributed by atoms with Crippen molar-refractivity contribution >= 4 is 13.9 Å². The van der Waals surface area contributed by atoms with E-state index in [1.807, 2.05) is 60.7 Å². The minimum absolute atomic E-state index is 0.409. The van der Waals surface area contributed by atoms with Gasteiger partial charge in [-0.1, -0.05) is 60.7 Å². The summed E-state index contributed by atoms with van der Waals surface area (Å²) in [5.74, 6) is 0.409. The molecule has 21 heavy (non-hydrogen) atoms. The van der Waals surface area contributed by atoms with E-state index >= 15 is 0 Å². The molecule has 0 bridgehead atoms. The van der Waals surface area contributed by atoms with Crippen molar-refractivity contribution in [2.45, 2.75) is 19.6 Å². The van der Waals surface area contributed by atoms with E-state index in [1.54, 1.807) is 0 Å². The Morgan fingerprint density at radius 1 is 0.857 bits per heavy atom. The van der Waals surface area contributed by atoms with Gasteiger partial charge in [-0.2, -0.15) is 5.26 Å². The first-order valence-electron chi connectivity index (χ1n) is 6.95. The Labute approximate surface area is 127 Å². The third-order valence-corrected chi connectivity index (χ3v) is 3.68. The molecule has 0 fully saturated rings. The lowest BCUT2D eigenvalue weighted by molar-refractivity contribution is 0.448. The van der Waals surface area contributed by atoms with Crippen LogP contribution < -0.4 is 0 Å². The highest BCUT2D eigenvalue weighted by atomic mass is 28.4. The van der Waals surface area contributed by atoms with Crippen molar-refractivity contribution in [2.75, 3.05) is 0 Å². The van der Waals surface area contributed by atoms with Crippen molar-refractivity contribution in [1.29, 1.82) is 5.26 Å². The SMILES string of the molecule is C[Si](C)(C)OC(C#N)=C(c1ccccc1)c1ccccc1. The van der Waals surface area contributed by atoms with Crippen molar-refractivity contribution in [3.63, 3.8) is 0 Å². The molecule has 2 nitrogen and oxygen atoms in total. The normalized spacial score (nSPS) is 10.6. The molecule has 0 heterocycles. The molecule has 2 rings (SSSR count). The summed E-state index contributed by atoms with van der Waals surface area (Å²) in [7, 11) is -1.85. The summed E-state index contributed by atoms with van der Waals surface area (Å²) in [6.45, 7) is 6.24. The highest BCUT2D eigenvalue weighted by Gasteiger charge is 2.21. The maximum Gasteiger partial charge on any atom is 0.243 e. The average Bonchev–Trinajstić information content (AvgIpc) is 2.47. The van der Waals surface area contributed by atoms with Gasteiger partial charge in [0.05, 0.1) is 0 Å². The number of hydrogen-bond acceptors (Lipinski definition) is 2. The van der Waals surface area contributed by atoms with Crippen LogP contribution in [0.5, 0.6) is 0 Å². The van der Waals surface area contributed by atoms with Gasteiger partial charge in [-0.3, -0.25) is 0 Å². The van der Waals surface area contributed by atoms with E-state index < -0.39 is 8.32 Å². The van der Waals surface area contributed by atoms with Crippen LogP contribution in [0.3, 0.4) is 0 Å². The first-order valence-corrected chi connectivity index (χ1v) is 10.4.